The molecule has 7 heteroatoms. The number of hydrogen-bond acceptors (Lipinski definition) is 5. The zero-order valence-electron chi connectivity index (χ0n) is 10.0. The van der Waals surface area contributed by atoms with E-state index in [0.29, 0.717) is 11.7 Å². The van der Waals surface area contributed by atoms with Crippen molar-refractivity contribution in [2.75, 3.05) is 24.5 Å². The average Bonchev–Trinajstić information content (AvgIpc) is 2.70. The van der Waals surface area contributed by atoms with Gasteiger partial charge in [0.15, 0.2) is 17.5 Å². The summed E-state index contributed by atoms with van der Waals surface area (Å²) in [4.78, 5) is 28.8. The Morgan fingerprint density at radius 2 is 2.00 bits per heavy atom. The Kier molecular flexibility index (Phi) is 2.26. The van der Waals surface area contributed by atoms with Gasteiger partial charge in [-0.2, -0.15) is 4.99 Å². The first kappa shape index (κ1) is 11.1. The molecule has 0 radical (unpaired) electrons. The van der Waals surface area contributed by atoms with Gasteiger partial charge in [0.2, 0.25) is 0 Å². The number of anilines is 1. The maximum atomic E-state index is 11.6. The molecule has 4 heterocycles. The zero-order valence-corrected chi connectivity index (χ0v) is 11.6. The number of amides is 1. The molecule has 3 aliphatic rings. The second-order valence-corrected chi connectivity index (χ2v) is 5.48. The largest absolute Gasteiger partial charge is 0.353 e. The Bertz CT molecular complexity index is 650. The van der Waals surface area contributed by atoms with Crippen LogP contribution in [0.1, 0.15) is 6.42 Å². The second kappa shape index (κ2) is 3.86. The van der Waals surface area contributed by atoms with Gasteiger partial charge in [0, 0.05) is 13.1 Å². The summed E-state index contributed by atoms with van der Waals surface area (Å²) < 4.78 is 0.729. The molecular weight excluding hydrogens is 310 g/mol. The standard InChI is InChI=1S/C12H10BrN5O/c13-8-3-2-7-10(15-8)18-6-9(19)16-12(18)11(14-7)17-4-1-5-17/h2-3H,1,4-6H2. The Morgan fingerprint density at radius 3 is 2.74 bits per heavy atom. The third-order valence-electron chi connectivity index (χ3n) is 3.44. The van der Waals surface area contributed by atoms with Crippen LogP contribution in [-0.4, -0.2) is 47.1 Å². The molecule has 19 heavy (non-hydrogen) atoms. The summed E-state index contributed by atoms with van der Waals surface area (Å²) in [6.45, 7) is 2.19. The quantitative estimate of drug-likeness (QED) is 0.677. The lowest BCUT2D eigenvalue weighted by Crippen LogP contribution is -2.51. The number of halogens is 1. The van der Waals surface area contributed by atoms with Crippen LogP contribution in [0.2, 0.25) is 0 Å². The fraction of sp³-hybridized carbons (Fsp3) is 0.333. The van der Waals surface area contributed by atoms with Crippen LogP contribution in [0.25, 0.3) is 0 Å². The van der Waals surface area contributed by atoms with Crippen molar-refractivity contribution >= 4 is 45.0 Å². The lowest BCUT2D eigenvalue weighted by molar-refractivity contribution is -0.115. The molecule has 0 aromatic carbocycles. The highest BCUT2D eigenvalue weighted by molar-refractivity contribution is 9.10. The van der Waals surface area contributed by atoms with Crippen molar-refractivity contribution < 1.29 is 4.79 Å². The number of aromatic nitrogens is 1. The van der Waals surface area contributed by atoms with Gasteiger partial charge in [0.25, 0.3) is 5.91 Å². The Morgan fingerprint density at radius 1 is 1.16 bits per heavy atom. The van der Waals surface area contributed by atoms with Crippen LogP contribution in [0.15, 0.2) is 26.7 Å². The van der Waals surface area contributed by atoms with Gasteiger partial charge < -0.3 is 4.90 Å². The van der Waals surface area contributed by atoms with Gasteiger partial charge in [-0.05, 0) is 34.5 Å². The van der Waals surface area contributed by atoms with Crippen molar-refractivity contribution in [3.05, 3.63) is 16.7 Å². The summed E-state index contributed by atoms with van der Waals surface area (Å²) in [6, 6.07) is 3.77. The number of likely N-dealkylation sites (tertiary alicyclic amines) is 1. The molecule has 6 nitrogen and oxygen atoms in total. The molecule has 3 aliphatic heterocycles. The van der Waals surface area contributed by atoms with E-state index in [1.54, 1.807) is 0 Å². The number of pyridine rings is 1. The summed E-state index contributed by atoms with van der Waals surface area (Å²) in [5, 5.41) is 0. The number of nitrogens with zero attached hydrogens (tertiary/aromatic N) is 5. The molecular formula is C12H10BrN5O. The van der Waals surface area contributed by atoms with Crippen molar-refractivity contribution in [3.63, 3.8) is 0 Å². The van der Waals surface area contributed by atoms with E-state index in [1.165, 1.54) is 0 Å². The van der Waals surface area contributed by atoms with Crippen molar-refractivity contribution in [1.82, 2.24) is 9.88 Å². The molecule has 0 N–H and O–H groups in total. The number of hydrogen-bond donors (Lipinski definition) is 0. The van der Waals surface area contributed by atoms with E-state index in [4.69, 9.17) is 0 Å². The number of fused-ring (bicyclic) bond motifs is 3. The molecule has 4 rings (SSSR count). The fourth-order valence-electron chi connectivity index (χ4n) is 2.38. The Labute approximate surface area is 118 Å². The van der Waals surface area contributed by atoms with Crippen molar-refractivity contribution in [1.29, 1.82) is 0 Å². The third kappa shape index (κ3) is 1.61. The van der Waals surface area contributed by atoms with Crippen LogP contribution in [0.4, 0.5) is 11.5 Å². The highest BCUT2D eigenvalue weighted by atomic mass is 79.9. The summed E-state index contributed by atoms with van der Waals surface area (Å²) in [6.07, 6.45) is 1.16. The summed E-state index contributed by atoms with van der Waals surface area (Å²) in [5.41, 5.74) is 0.791. The van der Waals surface area contributed by atoms with E-state index in [9.17, 15) is 4.79 Å². The molecule has 0 unspecified atom stereocenters. The lowest BCUT2D eigenvalue weighted by Gasteiger charge is -2.37. The third-order valence-corrected chi connectivity index (χ3v) is 3.88. The smallest absolute Gasteiger partial charge is 0.267 e. The molecule has 1 aromatic rings. The van der Waals surface area contributed by atoms with Gasteiger partial charge in [-0.1, -0.05) is 0 Å². The zero-order chi connectivity index (χ0) is 13.0. The first-order valence-electron chi connectivity index (χ1n) is 6.12. The molecule has 0 bridgehead atoms. The number of carbonyl (C=O) groups excluding carboxylic acids is 1. The maximum Gasteiger partial charge on any atom is 0.267 e. The topological polar surface area (TPSA) is 61.2 Å². The molecule has 0 atom stereocenters. The fourth-order valence-corrected chi connectivity index (χ4v) is 2.68. The molecule has 96 valence electrons. The molecule has 0 aliphatic carbocycles. The van der Waals surface area contributed by atoms with E-state index in [0.717, 1.165) is 35.6 Å². The predicted octanol–water partition coefficient (Wildman–Crippen LogP) is 1.34. The van der Waals surface area contributed by atoms with E-state index in [-0.39, 0.29) is 12.5 Å². The van der Waals surface area contributed by atoms with Gasteiger partial charge in [-0.3, -0.25) is 9.69 Å². The minimum atomic E-state index is -0.141. The van der Waals surface area contributed by atoms with Crippen molar-refractivity contribution in [2.45, 2.75) is 6.42 Å². The maximum absolute atomic E-state index is 11.6. The van der Waals surface area contributed by atoms with Crippen LogP contribution in [0.5, 0.6) is 0 Å². The van der Waals surface area contributed by atoms with Gasteiger partial charge >= 0.3 is 0 Å². The summed E-state index contributed by atoms with van der Waals surface area (Å²) in [7, 11) is 0. The molecule has 1 amide bonds. The first-order valence-corrected chi connectivity index (χ1v) is 6.91. The van der Waals surface area contributed by atoms with Crippen LogP contribution in [0.3, 0.4) is 0 Å². The molecule has 0 saturated carbocycles. The monoisotopic (exact) mass is 319 g/mol. The normalized spacial score (nSPS) is 20.6. The highest BCUT2D eigenvalue weighted by Crippen LogP contribution is 2.35. The number of amidine groups is 2. The molecule has 1 saturated heterocycles. The second-order valence-electron chi connectivity index (χ2n) is 4.67. The number of aliphatic imine (C=N–C) groups is 2. The van der Waals surface area contributed by atoms with Crippen LogP contribution in [0, 0.1) is 0 Å². The number of rotatable bonds is 0. The van der Waals surface area contributed by atoms with Crippen LogP contribution >= 0.6 is 15.9 Å². The van der Waals surface area contributed by atoms with E-state index in [1.807, 2.05) is 17.0 Å². The minimum absolute atomic E-state index is 0.141. The van der Waals surface area contributed by atoms with E-state index >= 15 is 0 Å². The van der Waals surface area contributed by atoms with Crippen LogP contribution < -0.4 is 4.90 Å². The Balaban J connectivity index is 1.89. The molecule has 1 fully saturated rings. The van der Waals surface area contributed by atoms with E-state index < -0.39 is 0 Å². The van der Waals surface area contributed by atoms with E-state index in [2.05, 4.69) is 35.8 Å². The SMILES string of the molecule is O=C1CN2C(=N1)C(N1CCC1)=Nc1ccc(Br)nc12. The van der Waals surface area contributed by atoms with Crippen molar-refractivity contribution in [2.24, 2.45) is 9.98 Å². The average molecular weight is 320 g/mol. The van der Waals surface area contributed by atoms with Gasteiger partial charge in [-0.15, -0.1) is 0 Å². The number of carbonyl (C=O) groups is 1. The first-order chi connectivity index (χ1) is 9.22. The van der Waals surface area contributed by atoms with Gasteiger partial charge in [0.1, 0.15) is 16.8 Å². The van der Waals surface area contributed by atoms with Crippen LogP contribution in [-0.2, 0) is 4.79 Å². The van der Waals surface area contributed by atoms with Gasteiger partial charge in [-0.25, -0.2) is 9.98 Å². The van der Waals surface area contributed by atoms with Crippen molar-refractivity contribution in [3.8, 4) is 0 Å². The van der Waals surface area contributed by atoms with Gasteiger partial charge in [0.05, 0.1) is 0 Å². The molecule has 0 spiro atoms. The predicted molar refractivity (Wildman–Crippen MR) is 75.0 cm³/mol. The Hall–Kier alpha value is -1.76. The molecule has 1 aromatic heterocycles. The summed E-state index contributed by atoms with van der Waals surface area (Å²) in [5.74, 6) is 2.00. The highest BCUT2D eigenvalue weighted by Gasteiger charge is 2.37. The lowest BCUT2D eigenvalue weighted by atomic mass is 10.2. The summed E-state index contributed by atoms with van der Waals surface area (Å²) >= 11 is 3.35. The minimum Gasteiger partial charge on any atom is -0.353 e.